The van der Waals surface area contributed by atoms with E-state index in [9.17, 15) is 5.11 Å². The van der Waals surface area contributed by atoms with Crippen LogP contribution in [0.2, 0.25) is 5.02 Å². The molecule has 1 N–H and O–H groups in total. The molecule has 1 fully saturated rings. The van der Waals surface area contributed by atoms with Gasteiger partial charge in [-0.3, -0.25) is 0 Å². The van der Waals surface area contributed by atoms with Crippen molar-refractivity contribution >= 4 is 33.3 Å². The molecule has 2 unspecified atom stereocenters. The number of aromatic nitrogens is 1. The minimum absolute atomic E-state index is 0.172. The monoisotopic (exact) mass is 424 g/mol. The summed E-state index contributed by atoms with van der Waals surface area (Å²) >= 11 is 9.67. The van der Waals surface area contributed by atoms with Crippen molar-refractivity contribution in [2.75, 3.05) is 18.6 Å². The van der Waals surface area contributed by atoms with E-state index < -0.39 is 0 Å². The molecule has 0 radical (unpaired) electrons. The highest BCUT2D eigenvalue weighted by Gasteiger charge is 2.25. The first-order valence-electron chi connectivity index (χ1n) is 8.42. The Labute approximate surface area is 161 Å². The van der Waals surface area contributed by atoms with Crippen molar-refractivity contribution in [3.63, 3.8) is 0 Å². The van der Waals surface area contributed by atoms with Crippen molar-refractivity contribution in [3.8, 4) is 5.75 Å². The van der Waals surface area contributed by atoms with Gasteiger partial charge in [0.1, 0.15) is 11.6 Å². The summed E-state index contributed by atoms with van der Waals surface area (Å²) in [4.78, 5) is 6.78. The van der Waals surface area contributed by atoms with Gasteiger partial charge in [-0.25, -0.2) is 4.98 Å². The van der Waals surface area contributed by atoms with Gasteiger partial charge in [-0.05, 0) is 58.8 Å². The molecule has 0 aliphatic heterocycles. The summed E-state index contributed by atoms with van der Waals surface area (Å²) in [5.74, 6) is 2.17. The van der Waals surface area contributed by atoms with Gasteiger partial charge in [-0.15, -0.1) is 0 Å². The molecule has 0 spiro atoms. The number of anilines is 1. The van der Waals surface area contributed by atoms with Crippen molar-refractivity contribution in [3.05, 3.63) is 51.6 Å². The summed E-state index contributed by atoms with van der Waals surface area (Å²) in [6.45, 7) is 1.59. The van der Waals surface area contributed by atoms with Crippen molar-refractivity contribution in [1.82, 2.24) is 4.98 Å². The third-order valence-corrected chi connectivity index (χ3v) is 5.82. The second-order valence-electron chi connectivity index (χ2n) is 6.52. The van der Waals surface area contributed by atoms with Crippen LogP contribution in [0.4, 0.5) is 5.82 Å². The number of pyridine rings is 1. The van der Waals surface area contributed by atoms with E-state index in [-0.39, 0.29) is 6.10 Å². The molecule has 3 rings (SSSR count). The van der Waals surface area contributed by atoms with Crippen LogP contribution in [0.5, 0.6) is 5.75 Å². The number of nitrogens with zero attached hydrogens (tertiary/aromatic N) is 2. The smallest absolute Gasteiger partial charge is 0.130 e. The number of methoxy groups -OCH3 is 1. The van der Waals surface area contributed by atoms with E-state index >= 15 is 0 Å². The van der Waals surface area contributed by atoms with Crippen LogP contribution in [0.15, 0.2) is 41.0 Å². The Morgan fingerprint density at radius 2 is 2.08 bits per heavy atom. The standard InChI is InChI=1S/C19H22BrClN2O2/c1-25-16-6-3-13(4-7-16)11-23(12-14-2-5-15(24)8-14)19-9-18(21)17(20)10-22-19/h3-4,6-7,9-10,14-15,24H,2,5,8,11-12H2,1H3. The number of rotatable bonds is 6. The van der Waals surface area contributed by atoms with Crippen molar-refractivity contribution in [2.24, 2.45) is 5.92 Å². The van der Waals surface area contributed by atoms with Gasteiger partial charge in [0, 0.05) is 25.4 Å². The first-order valence-corrected chi connectivity index (χ1v) is 9.59. The molecule has 0 amide bonds. The molecule has 1 aliphatic rings. The molecule has 6 heteroatoms. The Kier molecular flexibility index (Phi) is 6.20. The van der Waals surface area contributed by atoms with E-state index in [0.717, 1.165) is 48.4 Å². The van der Waals surface area contributed by atoms with Gasteiger partial charge in [0.2, 0.25) is 0 Å². The van der Waals surface area contributed by atoms with Crippen LogP contribution >= 0.6 is 27.5 Å². The second kappa shape index (κ2) is 8.39. The maximum absolute atomic E-state index is 9.84. The number of benzene rings is 1. The zero-order valence-corrected chi connectivity index (χ0v) is 16.5. The molecular formula is C19H22BrClN2O2. The average molecular weight is 426 g/mol. The Hall–Kier alpha value is -1.30. The topological polar surface area (TPSA) is 45.6 Å². The minimum atomic E-state index is -0.172. The maximum Gasteiger partial charge on any atom is 0.130 e. The molecule has 1 aromatic carbocycles. The highest BCUT2D eigenvalue weighted by Crippen LogP contribution is 2.31. The van der Waals surface area contributed by atoms with Gasteiger partial charge in [0.15, 0.2) is 0 Å². The van der Waals surface area contributed by atoms with E-state index in [4.69, 9.17) is 16.3 Å². The number of halogens is 2. The van der Waals surface area contributed by atoms with Crippen LogP contribution in [-0.2, 0) is 6.54 Å². The van der Waals surface area contributed by atoms with Crippen LogP contribution in [0.3, 0.4) is 0 Å². The largest absolute Gasteiger partial charge is 0.497 e. The fourth-order valence-corrected chi connectivity index (χ4v) is 3.66. The molecule has 134 valence electrons. The first kappa shape index (κ1) is 18.5. The van der Waals surface area contributed by atoms with E-state index in [1.54, 1.807) is 13.3 Å². The number of hydrogen-bond donors (Lipinski definition) is 1. The van der Waals surface area contributed by atoms with Crippen molar-refractivity contribution in [1.29, 1.82) is 0 Å². The normalized spacial score (nSPS) is 19.8. The van der Waals surface area contributed by atoms with Crippen LogP contribution < -0.4 is 9.64 Å². The number of aliphatic hydroxyl groups excluding tert-OH is 1. The number of hydrogen-bond acceptors (Lipinski definition) is 4. The zero-order valence-electron chi connectivity index (χ0n) is 14.2. The lowest BCUT2D eigenvalue weighted by molar-refractivity contribution is 0.178. The average Bonchev–Trinajstić information content (AvgIpc) is 3.02. The van der Waals surface area contributed by atoms with Crippen LogP contribution in [-0.4, -0.2) is 29.8 Å². The van der Waals surface area contributed by atoms with Gasteiger partial charge in [-0.1, -0.05) is 23.7 Å². The molecule has 1 aliphatic carbocycles. The second-order valence-corrected chi connectivity index (χ2v) is 7.78. The van der Waals surface area contributed by atoms with Crippen molar-refractivity contribution in [2.45, 2.75) is 31.9 Å². The summed E-state index contributed by atoms with van der Waals surface area (Å²) in [5.41, 5.74) is 1.18. The van der Waals surface area contributed by atoms with Crippen LogP contribution in [0, 0.1) is 5.92 Å². The predicted molar refractivity (Wildman–Crippen MR) is 104 cm³/mol. The lowest BCUT2D eigenvalue weighted by atomic mass is 10.1. The molecule has 1 aromatic heterocycles. The molecule has 25 heavy (non-hydrogen) atoms. The van der Waals surface area contributed by atoms with E-state index in [1.807, 2.05) is 18.2 Å². The third-order valence-electron chi connectivity index (χ3n) is 4.64. The lowest BCUT2D eigenvalue weighted by Gasteiger charge is -2.27. The Morgan fingerprint density at radius 1 is 1.32 bits per heavy atom. The van der Waals surface area contributed by atoms with E-state index in [0.29, 0.717) is 10.9 Å². The highest BCUT2D eigenvalue weighted by molar-refractivity contribution is 9.10. The molecule has 2 aromatic rings. The molecule has 1 heterocycles. The predicted octanol–water partition coefficient (Wildman–Crippen LogP) is 4.67. The Morgan fingerprint density at radius 3 is 2.68 bits per heavy atom. The highest BCUT2D eigenvalue weighted by atomic mass is 79.9. The molecule has 0 saturated heterocycles. The number of ether oxygens (including phenoxy) is 1. The zero-order chi connectivity index (χ0) is 17.8. The summed E-state index contributed by atoms with van der Waals surface area (Å²) in [6, 6.07) is 9.95. The van der Waals surface area contributed by atoms with Crippen LogP contribution in [0.25, 0.3) is 0 Å². The molecule has 1 saturated carbocycles. The Balaban J connectivity index is 1.80. The number of aliphatic hydroxyl groups is 1. The summed E-state index contributed by atoms with van der Waals surface area (Å²) in [7, 11) is 1.67. The fourth-order valence-electron chi connectivity index (χ4n) is 3.29. The first-order chi connectivity index (χ1) is 12.0. The summed E-state index contributed by atoms with van der Waals surface area (Å²) < 4.78 is 6.02. The molecule has 4 nitrogen and oxygen atoms in total. The van der Waals surface area contributed by atoms with E-state index in [2.05, 4.69) is 37.9 Å². The van der Waals surface area contributed by atoms with Crippen LogP contribution in [0.1, 0.15) is 24.8 Å². The molecule has 2 atom stereocenters. The van der Waals surface area contributed by atoms with Gasteiger partial charge >= 0.3 is 0 Å². The van der Waals surface area contributed by atoms with E-state index in [1.165, 1.54) is 5.56 Å². The summed E-state index contributed by atoms with van der Waals surface area (Å²) in [6.07, 6.45) is 4.35. The third kappa shape index (κ3) is 4.87. The molecule has 0 bridgehead atoms. The van der Waals surface area contributed by atoms with Gasteiger partial charge in [0.05, 0.1) is 22.7 Å². The Bertz CT molecular complexity index is 711. The quantitative estimate of drug-likeness (QED) is 0.730. The summed E-state index contributed by atoms with van der Waals surface area (Å²) in [5, 5.41) is 10.5. The van der Waals surface area contributed by atoms with Gasteiger partial charge in [-0.2, -0.15) is 0 Å². The SMILES string of the molecule is COc1ccc(CN(CC2CCC(O)C2)c2cc(Cl)c(Br)cn2)cc1. The maximum atomic E-state index is 9.84. The fraction of sp³-hybridized carbons (Fsp3) is 0.421. The van der Waals surface area contributed by atoms with Gasteiger partial charge in [0.25, 0.3) is 0 Å². The van der Waals surface area contributed by atoms with Crippen molar-refractivity contribution < 1.29 is 9.84 Å². The minimum Gasteiger partial charge on any atom is -0.497 e. The molecular weight excluding hydrogens is 404 g/mol. The van der Waals surface area contributed by atoms with Gasteiger partial charge < -0.3 is 14.7 Å². The lowest BCUT2D eigenvalue weighted by Crippen LogP contribution is -2.29.